The number of rotatable bonds is 4. The van der Waals surface area contributed by atoms with Gasteiger partial charge in [0.1, 0.15) is 5.75 Å². The molecule has 0 radical (unpaired) electrons. The molecule has 2 N–H and O–H groups in total. The number of aromatic hydroxyl groups is 1. The summed E-state index contributed by atoms with van der Waals surface area (Å²) in [6.45, 7) is 2.33. The van der Waals surface area contributed by atoms with Gasteiger partial charge in [-0.3, -0.25) is 4.79 Å². The lowest BCUT2D eigenvalue weighted by atomic mass is 10.2. The summed E-state index contributed by atoms with van der Waals surface area (Å²) in [6, 6.07) is 13.1. The summed E-state index contributed by atoms with van der Waals surface area (Å²) in [4.78, 5) is 16.3. The minimum atomic E-state index is -0.140. The maximum atomic E-state index is 12.1. The number of nitrogens with one attached hydrogen (secondary N) is 1. The predicted octanol–water partition coefficient (Wildman–Crippen LogP) is 3.08. The van der Waals surface area contributed by atoms with Crippen LogP contribution in [-0.2, 0) is 11.3 Å². The third kappa shape index (κ3) is 2.79. The molecule has 1 amide bonds. The number of aromatic nitrogens is 2. The molecule has 1 heterocycles. The Hall–Kier alpha value is -2.82. The van der Waals surface area contributed by atoms with Gasteiger partial charge in [0.15, 0.2) is 0 Å². The highest BCUT2D eigenvalue weighted by atomic mass is 16.3. The molecule has 5 nitrogen and oxygen atoms in total. The Morgan fingerprint density at radius 3 is 2.91 bits per heavy atom. The molecule has 3 aromatic rings. The molecule has 0 unspecified atom stereocenters. The van der Waals surface area contributed by atoms with Gasteiger partial charge in [-0.05, 0) is 30.7 Å². The second kappa shape index (κ2) is 5.89. The normalized spacial score (nSPS) is 10.8. The Kier molecular flexibility index (Phi) is 3.78. The van der Waals surface area contributed by atoms with Gasteiger partial charge in [-0.1, -0.05) is 24.3 Å². The molecule has 3 rings (SSSR count). The van der Waals surface area contributed by atoms with E-state index in [1.54, 1.807) is 31.5 Å². The first kappa shape index (κ1) is 14.1. The summed E-state index contributed by atoms with van der Waals surface area (Å²) in [5.74, 6) is -0.0254. The summed E-state index contributed by atoms with van der Waals surface area (Å²) in [5, 5.41) is 12.6. The second-order valence-electron chi connectivity index (χ2n) is 5.20. The fourth-order valence-electron chi connectivity index (χ4n) is 2.38. The van der Waals surface area contributed by atoms with E-state index >= 15 is 0 Å². The van der Waals surface area contributed by atoms with Crippen LogP contribution in [-0.4, -0.2) is 20.6 Å². The number of benzene rings is 2. The van der Waals surface area contributed by atoms with E-state index in [1.165, 1.54) is 0 Å². The lowest BCUT2D eigenvalue weighted by molar-refractivity contribution is -0.116. The van der Waals surface area contributed by atoms with Gasteiger partial charge in [-0.2, -0.15) is 0 Å². The Bertz CT molecular complexity index is 824. The first-order valence-electron chi connectivity index (χ1n) is 7.13. The van der Waals surface area contributed by atoms with E-state index < -0.39 is 0 Å². The number of hydrogen-bond donors (Lipinski definition) is 2. The molecular weight excluding hydrogens is 278 g/mol. The molecule has 5 heteroatoms. The molecule has 0 aliphatic heterocycles. The summed E-state index contributed by atoms with van der Waals surface area (Å²) in [7, 11) is 0. The number of carbonyl (C=O) groups is 1. The zero-order valence-corrected chi connectivity index (χ0v) is 12.3. The summed E-state index contributed by atoms with van der Waals surface area (Å²) >= 11 is 0. The van der Waals surface area contributed by atoms with Crippen molar-refractivity contribution in [2.24, 2.45) is 0 Å². The smallest absolute Gasteiger partial charge is 0.226 e. The fourth-order valence-corrected chi connectivity index (χ4v) is 2.38. The number of imidazole rings is 1. The first-order chi connectivity index (χ1) is 10.6. The number of anilines is 1. The van der Waals surface area contributed by atoms with E-state index in [1.807, 2.05) is 28.8 Å². The standard InChI is InChI=1S/C17H17N3O2/c1-12-5-4-7-14(17(12)22)19-16(21)9-10-20-11-18-13-6-2-3-8-15(13)20/h2-8,11,22H,9-10H2,1H3,(H,19,21). The monoisotopic (exact) mass is 295 g/mol. The molecule has 0 aliphatic rings. The Morgan fingerprint density at radius 2 is 2.05 bits per heavy atom. The topological polar surface area (TPSA) is 67.2 Å². The lowest BCUT2D eigenvalue weighted by Crippen LogP contribution is -2.14. The quantitative estimate of drug-likeness (QED) is 0.727. The molecule has 0 saturated carbocycles. The van der Waals surface area contributed by atoms with Crippen LogP contribution in [0.1, 0.15) is 12.0 Å². The van der Waals surface area contributed by atoms with Crippen molar-refractivity contribution in [2.45, 2.75) is 19.9 Å². The molecular formula is C17H17N3O2. The van der Waals surface area contributed by atoms with Crippen molar-refractivity contribution in [2.75, 3.05) is 5.32 Å². The second-order valence-corrected chi connectivity index (χ2v) is 5.20. The Balaban J connectivity index is 1.66. The summed E-state index contributed by atoms with van der Waals surface area (Å²) in [6.07, 6.45) is 2.05. The molecule has 112 valence electrons. The molecule has 0 saturated heterocycles. The zero-order valence-electron chi connectivity index (χ0n) is 12.3. The SMILES string of the molecule is Cc1cccc(NC(=O)CCn2cnc3ccccc32)c1O. The fraction of sp³-hybridized carbons (Fsp3) is 0.176. The molecule has 22 heavy (non-hydrogen) atoms. The number of carbonyl (C=O) groups excluding carboxylic acids is 1. The van der Waals surface area contributed by atoms with Gasteiger partial charge in [0, 0.05) is 13.0 Å². The van der Waals surface area contributed by atoms with Crippen LogP contribution >= 0.6 is 0 Å². The molecule has 0 fully saturated rings. The molecule has 0 atom stereocenters. The van der Waals surface area contributed by atoms with Crippen LogP contribution in [0.4, 0.5) is 5.69 Å². The highest BCUT2D eigenvalue weighted by Gasteiger charge is 2.09. The van der Waals surface area contributed by atoms with Gasteiger partial charge in [-0.15, -0.1) is 0 Å². The van der Waals surface area contributed by atoms with Gasteiger partial charge in [0.25, 0.3) is 0 Å². The largest absolute Gasteiger partial charge is 0.505 e. The zero-order chi connectivity index (χ0) is 15.5. The highest BCUT2D eigenvalue weighted by molar-refractivity contribution is 5.92. The minimum absolute atomic E-state index is 0.115. The van der Waals surface area contributed by atoms with E-state index in [0.29, 0.717) is 18.7 Å². The number of hydrogen-bond acceptors (Lipinski definition) is 3. The first-order valence-corrected chi connectivity index (χ1v) is 7.13. The minimum Gasteiger partial charge on any atom is -0.505 e. The number of aryl methyl sites for hydroxylation is 2. The van der Waals surface area contributed by atoms with Crippen LogP contribution in [0.25, 0.3) is 11.0 Å². The molecule has 0 spiro atoms. The number of amides is 1. The average Bonchev–Trinajstić information content (AvgIpc) is 2.93. The van der Waals surface area contributed by atoms with Crippen molar-refractivity contribution in [1.82, 2.24) is 9.55 Å². The van der Waals surface area contributed by atoms with Crippen molar-refractivity contribution in [3.8, 4) is 5.75 Å². The van der Waals surface area contributed by atoms with Crippen LogP contribution < -0.4 is 5.32 Å². The van der Waals surface area contributed by atoms with Crippen LogP contribution in [0, 0.1) is 6.92 Å². The van der Waals surface area contributed by atoms with Crippen LogP contribution in [0.3, 0.4) is 0 Å². The van der Waals surface area contributed by atoms with E-state index in [4.69, 9.17) is 0 Å². The maximum Gasteiger partial charge on any atom is 0.226 e. The van der Waals surface area contributed by atoms with Crippen molar-refractivity contribution in [3.63, 3.8) is 0 Å². The van der Waals surface area contributed by atoms with Crippen molar-refractivity contribution >= 4 is 22.6 Å². The van der Waals surface area contributed by atoms with Gasteiger partial charge in [-0.25, -0.2) is 4.98 Å². The number of fused-ring (bicyclic) bond motifs is 1. The highest BCUT2D eigenvalue weighted by Crippen LogP contribution is 2.26. The van der Waals surface area contributed by atoms with Crippen LogP contribution in [0.5, 0.6) is 5.75 Å². The van der Waals surface area contributed by atoms with Gasteiger partial charge in [0.05, 0.1) is 23.0 Å². The van der Waals surface area contributed by atoms with E-state index in [2.05, 4.69) is 10.3 Å². The van der Waals surface area contributed by atoms with Crippen molar-refractivity contribution in [1.29, 1.82) is 0 Å². The number of phenolic OH excluding ortho intramolecular Hbond substituents is 1. The maximum absolute atomic E-state index is 12.1. The Labute approximate surface area is 128 Å². The molecule has 0 bridgehead atoms. The summed E-state index contributed by atoms with van der Waals surface area (Å²) in [5.41, 5.74) is 3.10. The number of para-hydroxylation sites is 3. The third-order valence-corrected chi connectivity index (χ3v) is 3.62. The average molecular weight is 295 g/mol. The van der Waals surface area contributed by atoms with E-state index in [0.717, 1.165) is 16.6 Å². The van der Waals surface area contributed by atoms with Crippen LogP contribution in [0.15, 0.2) is 48.8 Å². The van der Waals surface area contributed by atoms with Crippen molar-refractivity contribution in [3.05, 3.63) is 54.4 Å². The number of phenols is 1. The van der Waals surface area contributed by atoms with E-state index in [9.17, 15) is 9.90 Å². The molecule has 2 aromatic carbocycles. The van der Waals surface area contributed by atoms with E-state index in [-0.39, 0.29) is 11.7 Å². The Morgan fingerprint density at radius 1 is 1.23 bits per heavy atom. The van der Waals surface area contributed by atoms with Crippen LogP contribution in [0.2, 0.25) is 0 Å². The summed E-state index contributed by atoms with van der Waals surface area (Å²) < 4.78 is 1.95. The molecule has 0 aliphatic carbocycles. The van der Waals surface area contributed by atoms with Gasteiger partial charge < -0.3 is 15.0 Å². The lowest BCUT2D eigenvalue weighted by Gasteiger charge is -2.09. The van der Waals surface area contributed by atoms with Crippen molar-refractivity contribution < 1.29 is 9.90 Å². The molecule has 1 aromatic heterocycles. The third-order valence-electron chi connectivity index (χ3n) is 3.62. The predicted molar refractivity (Wildman–Crippen MR) is 85.8 cm³/mol. The van der Waals surface area contributed by atoms with Gasteiger partial charge in [0.2, 0.25) is 5.91 Å². The number of nitrogens with zero attached hydrogens (tertiary/aromatic N) is 2. The van der Waals surface area contributed by atoms with Gasteiger partial charge >= 0.3 is 0 Å².